The summed E-state index contributed by atoms with van der Waals surface area (Å²) in [4.78, 5) is 2.31. The van der Waals surface area contributed by atoms with Crippen LogP contribution in [-0.4, -0.2) is 18.4 Å². The molecule has 19 heavy (non-hydrogen) atoms. The monoisotopic (exact) mass is 263 g/mol. The quantitative estimate of drug-likeness (QED) is 0.649. The zero-order valence-electron chi connectivity index (χ0n) is 11.5. The number of rotatable bonds is 3. The van der Waals surface area contributed by atoms with Gasteiger partial charge in [-0.25, -0.2) is 4.39 Å². The predicted molar refractivity (Wildman–Crippen MR) is 77.3 cm³/mol. The van der Waals surface area contributed by atoms with E-state index in [1.54, 1.807) is 6.07 Å². The van der Waals surface area contributed by atoms with Crippen molar-refractivity contribution in [2.45, 2.75) is 45.1 Å². The molecule has 0 aliphatic carbocycles. The van der Waals surface area contributed by atoms with E-state index in [1.165, 1.54) is 25.0 Å². The van der Waals surface area contributed by atoms with Gasteiger partial charge in [0.1, 0.15) is 11.7 Å². The molecule has 3 N–H and O–H groups in total. The summed E-state index contributed by atoms with van der Waals surface area (Å²) in [5, 5.41) is 7.65. The van der Waals surface area contributed by atoms with Crippen LogP contribution >= 0.6 is 0 Å². The number of benzene rings is 1. The molecule has 4 heteroatoms. The van der Waals surface area contributed by atoms with E-state index >= 15 is 0 Å². The number of anilines is 1. The van der Waals surface area contributed by atoms with Gasteiger partial charge in [-0.15, -0.1) is 0 Å². The Labute approximate surface area is 114 Å². The standard InChI is InChI=1S/C15H22FN3/c1-2-12-6-4-3-5-9-19(12)14-8-7-11(16)10-13(14)15(17)18/h7-8,10,12H,2-6,9H2,1H3,(H3,17,18). The van der Waals surface area contributed by atoms with Crippen molar-refractivity contribution in [1.29, 1.82) is 5.41 Å². The third-order valence-electron chi connectivity index (χ3n) is 3.91. The Balaban J connectivity index is 2.40. The lowest BCUT2D eigenvalue weighted by Crippen LogP contribution is -2.36. The highest BCUT2D eigenvalue weighted by molar-refractivity contribution is 6.00. The summed E-state index contributed by atoms with van der Waals surface area (Å²) >= 11 is 0. The van der Waals surface area contributed by atoms with Gasteiger partial charge in [0.2, 0.25) is 0 Å². The minimum atomic E-state index is -0.336. The fourth-order valence-corrected chi connectivity index (χ4v) is 2.89. The molecule has 2 rings (SSSR count). The van der Waals surface area contributed by atoms with Gasteiger partial charge in [-0.3, -0.25) is 5.41 Å². The highest BCUT2D eigenvalue weighted by Crippen LogP contribution is 2.29. The molecule has 1 saturated heterocycles. The van der Waals surface area contributed by atoms with Gasteiger partial charge in [0.05, 0.1) is 0 Å². The van der Waals surface area contributed by atoms with Crippen molar-refractivity contribution in [1.82, 2.24) is 0 Å². The Bertz CT molecular complexity index is 459. The first-order valence-corrected chi connectivity index (χ1v) is 7.04. The van der Waals surface area contributed by atoms with Crippen molar-refractivity contribution in [2.24, 2.45) is 5.73 Å². The van der Waals surface area contributed by atoms with Crippen molar-refractivity contribution < 1.29 is 4.39 Å². The van der Waals surface area contributed by atoms with E-state index in [0.717, 1.165) is 31.5 Å². The van der Waals surface area contributed by atoms with Crippen LogP contribution in [0.4, 0.5) is 10.1 Å². The first kappa shape index (κ1) is 13.8. The van der Waals surface area contributed by atoms with Crippen molar-refractivity contribution in [2.75, 3.05) is 11.4 Å². The van der Waals surface area contributed by atoms with Crippen LogP contribution in [0.1, 0.15) is 44.6 Å². The van der Waals surface area contributed by atoms with E-state index in [9.17, 15) is 4.39 Å². The molecule has 0 spiro atoms. The topological polar surface area (TPSA) is 53.1 Å². The maximum Gasteiger partial charge on any atom is 0.125 e. The number of nitrogens with one attached hydrogen (secondary N) is 1. The van der Waals surface area contributed by atoms with Crippen molar-refractivity contribution in [3.8, 4) is 0 Å². The van der Waals surface area contributed by atoms with E-state index in [2.05, 4.69) is 11.8 Å². The van der Waals surface area contributed by atoms with Gasteiger partial charge in [-0.2, -0.15) is 0 Å². The molecule has 1 aromatic carbocycles. The van der Waals surface area contributed by atoms with Crippen LogP contribution in [-0.2, 0) is 0 Å². The number of hydrogen-bond acceptors (Lipinski definition) is 2. The molecule has 1 fully saturated rings. The molecule has 0 aromatic heterocycles. The molecule has 1 heterocycles. The maximum atomic E-state index is 13.4. The fourth-order valence-electron chi connectivity index (χ4n) is 2.89. The molecule has 3 nitrogen and oxygen atoms in total. The molecule has 1 aromatic rings. The summed E-state index contributed by atoms with van der Waals surface area (Å²) in [7, 11) is 0. The SMILES string of the molecule is CCC1CCCCCN1c1ccc(F)cc1C(=N)N. The predicted octanol–water partition coefficient (Wildman–Crippen LogP) is 3.27. The summed E-state index contributed by atoms with van der Waals surface area (Å²) in [5.74, 6) is -0.398. The number of nitrogens with zero attached hydrogens (tertiary/aromatic N) is 1. The second kappa shape index (κ2) is 6.04. The van der Waals surface area contributed by atoms with Gasteiger partial charge in [0.25, 0.3) is 0 Å². The normalized spacial score (nSPS) is 20.1. The van der Waals surface area contributed by atoms with E-state index < -0.39 is 0 Å². The summed E-state index contributed by atoms with van der Waals surface area (Å²) in [6.07, 6.45) is 5.85. The fraction of sp³-hybridized carbons (Fsp3) is 0.533. The van der Waals surface area contributed by atoms with E-state index in [0.29, 0.717) is 11.6 Å². The molecular formula is C15H22FN3. The van der Waals surface area contributed by atoms with Crippen LogP contribution in [0.2, 0.25) is 0 Å². The van der Waals surface area contributed by atoms with Crippen molar-refractivity contribution >= 4 is 11.5 Å². The Morgan fingerprint density at radius 1 is 1.42 bits per heavy atom. The molecule has 0 amide bonds. The molecule has 0 radical (unpaired) electrons. The lowest BCUT2D eigenvalue weighted by atomic mass is 10.0. The molecular weight excluding hydrogens is 241 g/mol. The smallest absolute Gasteiger partial charge is 0.125 e. The number of nitrogen functional groups attached to an aromatic ring is 1. The Kier molecular flexibility index (Phi) is 4.40. The molecule has 1 atom stereocenters. The highest BCUT2D eigenvalue weighted by Gasteiger charge is 2.22. The molecule has 1 unspecified atom stereocenters. The summed E-state index contributed by atoms with van der Waals surface area (Å²) in [6.45, 7) is 3.14. The maximum absolute atomic E-state index is 13.4. The van der Waals surface area contributed by atoms with E-state index in [4.69, 9.17) is 11.1 Å². The molecule has 0 saturated carbocycles. The third-order valence-corrected chi connectivity index (χ3v) is 3.91. The van der Waals surface area contributed by atoms with Crippen molar-refractivity contribution in [3.63, 3.8) is 0 Å². The van der Waals surface area contributed by atoms with Crippen molar-refractivity contribution in [3.05, 3.63) is 29.6 Å². The first-order valence-electron chi connectivity index (χ1n) is 7.04. The number of nitrogens with two attached hydrogens (primary N) is 1. The van der Waals surface area contributed by atoms with Gasteiger partial charge in [-0.05, 0) is 37.5 Å². The average molecular weight is 263 g/mol. The second-order valence-electron chi connectivity index (χ2n) is 5.18. The summed E-state index contributed by atoms with van der Waals surface area (Å²) in [5.41, 5.74) is 7.03. The number of halogens is 1. The zero-order valence-corrected chi connectivity index (χ0v) is 11.5. The van der Waals surface area contributed by atoms with Crippen LogP contribution in [0.3, 0.4) is 0 Å². The minimum absolute atomic E-state index is 0.0615. The largest absolute Gasteiger partial charge is 0.384 e. The Morgan fingerprint density at radius 3 is 2.89 bits per heavy atom. The number of hydrogen-bond donors (Lipinski definition) is 2. The molecule has 1 aliphatic rings. The van der Waals surface area contributed by atoms with Crippen LogP contribution in [0.5, 0.6) is 0 Å². The van der Waals surface area contributed by atoms with E-state index in [1.807, 2.05) is 0 Å². The minimum Gasteiger partial charge on any atom is -0.384 e. The van der Waals surface area contributed by atoms with Gasteiger partial charge in [-0.1, -0.05) is 19.8 Å². The average Bonchev–Trinajstić information content (AvgIpc) is 2.63. The zero-order chi connectivity index (χ0) is 13.8. The van der Waals surface area contributed by atoms with Gasteiger partial charge >= 0.3 is 0 Å². The second-order valence-corrected chi connectivity index (χ2v) is 5.18. The van der Waals surface area contributed by atoms with Gasteiger partial charge in [0, 0.05) is 23.8 Å². The summed E-state index contributed by atoms with van der Waals surface area (Å²) in [6, 6.07) is 5.06. The van der Waals surface area contributed by atoms with Crippen LogP contribution in [0.25, 0.3) is 0 Å². The Morgan fingerprint density at radius 2 is 2.21 bits per heavy atom. The molecule has 104 valence electrons. The lowest BCUT2D eigenvalue weighted by molar-refractivity contribution is 0.555. The summed E-state index contributed by atoms with van der Waals surface area (Å²) < 4.78 is 13.4. The van der Waals surface area contributed by atoms with Crippen LogP contribution in [0, 0.1) is 11.2 Å². The van der Waals surface area contributed by atoms with Gasteiger partial charge in [0.15, 0.2) is 0 Å². The first-order chi connectivity index (χ1) is 9.13. The highest BCUT2D eigenvalue weighted by atomic mass is 19.1. The molecule has 1 aliphatic heterocycles. The molecule has 0 bridgehead atoms. The lowest BCUT2D eigenvalue weighted by Gasteiger charge is -2.33. The van der Waals surface area contributed by atoms with Crippen LogP contribution in [0.15, 0.2) is 18.2 Å². The van der Waals surface area contributed by atoms with E-state index in [-0.39, 0.29) is 11.7 Å². The Hall–Kier alpha value is -1.58. The third kappa shape index (κ3) is 3.06. The number of amidine groups is 1. The van der Waals surface area contributed by atoms with Gasteiger partial charge < -0.3 is 10.6 Å². The van der Waals surface area contributed by atoms with Crippen LogP contribution < -0.4 is 10.6 Å².